The zero-order valence-electron chi connectivity index (χ0n) is 19.9. The second-order valence-corrected chi connectivity index (χ2v) is 7.93. The second-order valence-electron chi connectivity index (χ2n) is 7.93. The van der Waals surface area contributed by atoms with Crippen molar-refractivity contribution in [3.8, 4) is 0 Å². The number of halogens is 2. The third kappa shape index (κ3) is 8.32. The first-order valence-electron chi connectivity index (χ1n) is 11.2. The summed E-state index contributed by atoms with van der Waals surface area (Å²) in [7, 11) is 1.42. The fraction of sp³-hybridized carbons (Fsp3) is 0.435. The largest absolute Gasteiger partial charge is 0.463 e. The van der Waals surface area contributed by atoms with E-state index in [9.17, 15) is 28.0 Å². The number of rotatable bonds is 11. The summed E-state index contributed by atoms with van der Waals surface area (Å²) in [6.07, 6.45) is -4.30. The van der Waals surface area contributed by atoms with Crippen molar-refractivity contribution < 1.29 is 42.1 Å². The van der Waals surface area contributed by atoms with Crippen LogP contribution in [0.4, 0.5) is 25.1 Å². The molecule has 2 heterocycles. The molecular formula is C23H26F2N4O8. The highest BCUT2D eigenvalue weighted by Crippen LogP contribution is 2.41. The van der Waals surface area contributed by atoms with E-state index in [1.54, 1.807) is 30.3 Å². The van der Waals surface area contributed by atoms with Crippen molar-refractivity contribution in [2.75, 3.05) is 37.6 Å². The minimum Gasteiger partial charge on any atom is -0.463 e. The van der Waals surface area contributed by atoms with Gasteiger partial charge in [0.1, 0.15) is 25.1 Å². The van der Waals surface area contributed by atoms with Crippen LogP contribution in [0.15, 0.2) is 47.4 Å². The van der Waals surface area contributed by atoms with Crippen molar-refractivity contribution in [3.63, 3.8) is 0 Å². The lowest BCUT2D eigenvalue weighted by Gasteiger charge is -2.20. The Bertz CT molecular complexity index is 1150. The average Bonchev–Trinajstić information content (AvgIpc) is 3.16. The Kier molecular flexibility index (Phi) is 9.63. The van der Waals surface area contributed by atoms with Crippen molar-refractivity contribution in [1.29, 1.82) is 0 Å². The van der Waals surface area contributed by atoms with Crippen molar-refractivity contribution in [1.82, 2.24) is 9.55 Å². The van der Waals surface area contributed by atoms with E-state index in [1.165, 1.54) is 7.11 Å². The van der Waals surface area contributed by atoms with Gasteiger partial charge in [0.25, 0.3) is 5.92 Å². The van der Waals surface area contributed by atoms with Crippen LogP contribution in [-0.2, 0) is 28.5 Å². The first-order valence-corrected chi connectivity index (χ1v) is 11.2. The minimum atomic E-state index is -3.47. The van der Waals surface area contributed by atoms with Gasteiger partial charge in [-0.3, -0.25) is 19.5 Å². The molecule has 0 saturated carbocycles. The van der Waals surface area contributed by atoms with Gasteiger partial charge in [-0.1, -0.05) is 18.2 Å². The monoisotopic (exact) mass is 524 g/mol. The molecule has 2 aromatic rings. The van der Waals surface area contributed by atoms with Gasteiger partial charge in [0.05, 0.1) is 13.0 Å². The zero-order valence-corrected chi connectivity index (χ0v) is 19.9. The number of hydrogen-bond acceptors (Lipinski definition) is 9. The van der Waals surface area contributed by atoms with Gasteiger partial charge in [0.15, 0.2) is 0 Å². The summed E-state index contributed by atoms with van der Waals surface area (Å²) in [5.41, 5.74) is -0.523. The molecular weight excluding hydrogens is 498 g/mol. The van der Waals surface area contributed by atoms with Crippen LogP contribution in [0.3, 0.4) is 0 Å². The Labute approximate surface area is 209 Å². The molecule has 0 unspecified atom stereocenters. The van der Waals surface area contributed by atoms with Crippen molar-refractivity contribution in [2.24, 2.45) is 0 Å². The van der Waals surface area contributed by atoms with Crippen LogP contribution in [0, 0.1) is 0 Å². The Balaban J connectivity index is 1.48. The molecule has 12 nitrogen and oxygen atoms in total. The standard InChI is InChI=1S/C23H26F2N4O8/c1-34-11-12-35-22(33)28-17-9-10-29(21(32)27-17)20-23(24,25)13-16(37-20)14-36-19(31)8-7-18(30)26-15-5-3-2-4-6-15/h2-6,9-10,16,20H,7-8,11-14H2,1H3,(H,26,30)(H,27,28,32,33)/t16-,20+/m0/s1. The molecule has 2 amide bonds. The second kappa shape index (κ2) is 12.9. The van der Waals surface area contributed by atoms with Crippen LogP contribution in [0.25, 0.3) is 0 Å². The molecule has 0 spiro atoms. The van der Waals surface area contributed by atoms with Gasteiger partial charge < -0.3 is 24.3 Å². The van der Waals surface area contributed by atoms with E-state index < -0.39 is 54.9 Å². The molecule has 200 valence electrons. The highest BCUT2D eigenvalue weighted by Gasteiger charge is 2.52. The van der Waals surface area contributed by atoms with E-state index in [-0.39, 0.29) is 31.9 Å². The number of alkyl halides is 2. The number of ether oxygens (including phenoxy) is 4. The van der Waals surface area contributed by atoms with E-state index >= 15 is 0 Å². The number of carbonyl (C=O) groups is 3. The number of aromatic nitrogens is 2. The molecule has 0 aliphatic carbocycles. The highest BCUT2D eigenvalue weighted by molar-refractivity contribution is 5.92. The van der Waals surface area contributed by atoms with Crippen LogP contribution in [0.1, 0.15) is 25.5 Å². The van der Waals surface area contributed by atoms with E-state index in [4.69, 9.17) is 18.9 Å². The molecule has 0 radical (unpaired) electrons. The molecule has 1 saturated heterocycles. The quantitative estimate of drug-likeness (QED) is 0.334. The number of amides is 2. The number of hydrogen-bond donors (Lipinski definition) is 2. The van der Waals surface area contributed by atoms with Crippen LogP contribution in [0.5, 0.6) is 0 Å². The van der Waals surface area contributed by atoms with Crippen molar-refractivity contribution in [3.05, 3.63) is 53.1 Å². The summed E-state index contributed by atoms with van der Waals surface area (Å²) in [5, 5.41) is 4.82. The van der Waals surface area contributed by atoms with E-state index in [0.29, 0.717) is 10.3 Å². The van der Waals surface area contributed by atoms with Crippen LogP contribution in [0.2, 0.25) is 0 Å². The van der Waals surface area contributed by atoms with Gasteiger partial charge in [0.2, 0.25) is 12.1 Å². The number of benzene rings is 1. The molecule has 1 aromatic heterocycles. The van der Waals surface area contributed by atoms with E-state index in [1.807, 2.05) is 0 Å². The number of carbonyl (C=O) groups excluding carboxylic acids is 3. The highest BCUT2D eigenvalue weighted by atomic mass is 19.3. The smallest absolute Gasteiger partial charge is 0.412 e. The number of esters is 1. The summed E-state index contributed by atoms with van der Waals surface area (Å²) >= 11 is 0. The fourth-order valence-electron chi connectivity index (χ4n) is 3.34. The summed E-state index contributed by atoms with van der Waals surface area (Å²) in [6, 6.07) is 9.78. The van der Waals surface area contributed by atoms with Gasteiger partial charge in [-0.2, -0.15) is 4.98 Å². The fourth-order valence-corrected chi connectivity index (χ4v) is 3.34. The van der Waals surface area contributed by atoms with Crippen LogP contribution in [-0.4, -0.2) is 66.5 Å². The number of anilines is 2. The summed E-state index contributed by atoms with van der Waals surface area (Å²) in [5.74, 6) is -4.83. The number of nitrogens with one attached hydrogen (secondary N) is 2. The van der Waals surface area contributed by atoms with Crippen molar-refractivity contribution >= 4 is 29.5 Å². The normalized spacial score (nSPS) is 18.1. The lowest BCUT2D eigenvalue weighted by atomic mass is 10.2. The topological polar surface area (TPSA) is 147 Å². The summed E-state index contributed by atoms with van der Waals surface area (Å²) in [4.78, 5) is 51.4. The predicted molar refractivity (Wildman–Crippen MR) is 124 cm³/mol. The number of methoxy groups -OCH3 is 1. The van der Waals surface area contributed by atoms with Crippen LogP contribution < -0.4 is 16.3 Å². The minimum absolute atomic E-state index is 0.0334. The Hall–Kier alpha value is -3.91. The maximum atomic E-state index is 14.6. The average molecular weight is 524 g/mol. The molecule has 2 N–H and O–H groups in total. The third-order valence-corrected chi connectivity index (χ3v) is 5.06. The van der Waals surface area contributed by atoms with E-state index in [0.717, 1.165) is 12.3 Å². The SMILES string of the molecule is COCCOC(=O)Nc1ccn([C@@H]2O[C@H](COC(=O)CCC(=O)Nc3ccccc3)CC2(F)F)c(=O)n1. The lowest BCUT2D eigenvalue weighted by molar-refractivity contribution is -0.151. The lowest BCUT2D eigenvalue weighted by Crippen LogP contribution is -2.35. The molecule has 1 fully saturated rings. The molecule has 1 aliphatic heterocycles. The molecule has 14 heteroatoms. The molecule has 0 bridgehead atoms. The van der Waals surface area contributed by atoms with Gasteiger partial charge in [0, 0.05) is 31.8 Å². The maximum Gasteiger partial charge on any atom is 0.412 e. The molecule has 37 heavy (non-hydrogen) atoms. The first-order chi connectivity index (χ1) is 17.7. The third-order valence-electron chi connectivity index (χ3n) is 5.06. The summed E-state index contributed by atoms with van der Waals surface area (Å²) < 4.78 is 49.5. The number of para-hydroxylation sites is 1. The van der Waals surface area contributed by atoms with E-state index in [2.05, 4.69) is 15.6 Å². The Morgan fingerprint density at radius 2 is 1.86 bits per heavy atom. The van der Waals surface area contributed by atoms with Gasteiger partial charge in [-0.25, -0.2) is 18.4 Å². The molecule has 3 rings (SSSR count). The number of nitrogens with zero attached hydrogens (tertiary/aromatic N) is 2. The van der Waals surface area contributed by atoms with Crippen molar-refractivity contribution in [2.45, 2.75) is 37.5 Å². The zero-order chi connectivity index (χ0) is 26.8. The predicted octanol–water partition coefficient (Wildman–Crippen LogP) is 2.32. The Morgan fingerprint density at radius 1 is 1.11 bits per heavy atom. The van der Waals surface area contributed by atoms with Crippen LogP contribution >= 0.6 is 0 Å². The van der Waals surface area contributed by atoms with Gasteiger partial charge in [-0.05, 0) is 18.2 Å². The maximum absolute atomic E-state index is 14.6. The molecule has 1 aliphatic rings. The Morgan fingerprint density at radius 3 is 2.57 bits per heavy atom. The first kappa shape index (κ1) is 27.7. The molecule has 1 aromatic carbocycles. The van der Waals surface area contributed by atoms with Gasteiger partial charge >= 0.3 is 17.8 Å². The summed E-state index contributed by atoms with van der Waals surface area (Å²) in [6.45, 7) is -0.356. The molecule has 2 atom stereocenters. The van der Waals surface area contributed by atoms with Gasteiger partial charge in [-0.15, -0.1) is 0 Å².